The van der Waals surface area contributed by atoms with Gasteiger partial charge in [-0.3, -0.25) is 4.79 Å². The normalized spacial score (nSPS) is 10.6. The molecular formula is C15H11BrCl2O. The van der Waals surface area contributed by atoms with E-state index in [-0.39, 0.29) is 5.78 Å². The standard InChI is InChI=1S/C15H11BrCl2O/c1-8-6-11(13(17)7-9(8)2)15(19)10-4-3-5-12(16)14(10)18/h3-7H,1-2H3. The maximum Gasteiger partial charge on any atom is 0.196 e. The number of aryl methyl sites for hydroxylation is 2. The molecule has 0 spiro atoms. The average Bonchev–Trinajstić information content (AvgIpc) is 2.36. The van der Waals surface area contributed by atoms with Crippen LogP contribution in [-0.4, -0.2) is 5.78 Å². The molecule has 0 saturated heterocycles. The Morgan fingerprint density at radius 3 is 2.37 bits per heavy atom. The van der Waals surface area contributed by atoms with Gasteiger partial charge in [0.1, 0.15) is 0 Å². The molecule has 0 aromatic heterocycles. The van der Waals surface area contributed by atoms with Crippen LogP contribution in [0.25, 0.3) is 0 Å². The van der Waals surface area contributed by atoms with Crippen molar-refractivity contribution in [2.45, 2.75) is 13.8 Å². The van der Waals surface area contributed by atoms with Crippen LogP contribution < -0.4 is 0 Å². The van der Waals surface area contributed by atoms with Crippen molar-refractivity contribution in [3.05, 3.63) is 67.1 Å². The highest BCUT2D eigenvalue weighted by molar-refractivity contribution is 9.10. The van der Waals surface area contributed by atoms with Crippen molar-refractivity contribution in [3.8, 4) is 0 Å². The van der Waals surface area contributed by atoms with Crippen LogP contribution >= 0.6 is 39.1 Å². The lowest BCUT2D eigenvalue weighted by atomic mass is 9.99. The summed E-state index contributed by atoms with van der Waals surface area (Å²) in [7, 11) is 0. The molecule has 0 unspecified atom stereocenters. The van der Waals surface area contributed by atoms with Gasteiger partial charge >= 0.3 is 0 Å². The lowest BCUT2D eigenvalue weighted by Crippen LogP contribution is -2.04. The highest BCUT2D eigenvalue weighted by Gasteiger charge is 2.17. The molecule has 2 aromatic carbocycles. The zero-order valence-corrected chi connectivity index (χ0v) is 13.5. The number of halogens is 3. The van der Waals surface area contributed by atoms with E-state index in [9.17, 15) is 4.79 Å². The molecule has 0 fully saturated rings. The molecule has 0 saturated carbocycles. The van der Waals surface area contributed by atoms with Crippen LogP contribution in [0.1, 0.15) is 27.0 Å². The molecule has 0 aliphatic carbocycles. The quantitative estimate of drug-likeness (QED) is 0.639. The predicted molar refractivity (Wildman–Crippen MR) is 83.5 cm³/mol. The second-order valence-electron chi connectivity index (χ2n) is 4.35. The van der Waals surface area contributed by atoms with Gasteiger partial charge in [0.25, 0.3) is 0 Å². The summed E-state index contributed by atoms with van der Waals surface area (Å²) in [6.45, 7) is 3.91. The first-order chi connectivity index (χ1) is 8.91. The summed E-state index contributed by atoms with van der Waals surface area (Å²) in [5, 5.41) is 0.853. The van der Waals surface area contributed by atoms with E-state index in [2.05, 4.69) is 15.9 Å². The third-order valence-electron chi connectivity index (χ3n) is 3.02. The Morgan fingerprint density at radius 2 is 1.68 bits per heavy atom. The Morgan fingerprint density at radius 1 is 1.05 bits per heavy atom. The highest BCUT2D eigenvalue weighted by atomic mass is 79.9. The Balaban J connectivity index is 2.56. The SMILES string of the molecule is Cc1cc(Cl)c(C(=O)c2cccc(Br)c2Cl)cc1C. The zero-order chi connectivity index (χ0) is 14.2. The summed E-state index contributed by atoms with van der Waals surface area (Å²) in [4.78, 5) is 12.5. The van der Waals surface area contributed by atoms with E-state index in [4.69, 9.17) is 23.2 Å². The number of carbonyl (C=O) groups excluding carboxylic acids is 1. The summed E-state index contributed by atoms with van der Waals surface area (Å²) in [5.41, 5.74) is 3.01. The molecule has 0 bridgehead atoms. The Hall–Kier alpha value is -0.830. The molecule has 2 rings (SSSR count). The lowest BCUT2D eigenvalue weighted by Gasteiger charge is -2.09. The monoisotopic (exact) mass is 356 g/mol. The van der Waals surface area contributed by atoms with Gasteiger partial charge in [-0.25, -0.2) is 0 Å². The largest absolute Gasteiger partial charge is 0.288 e. The third kappa shape index (κ3) is 2.86. The van der Waals surface area contributed by atoms with Crippen LogP contribution in [0.5, 0.6) is 0 Å². The van der Waals surface area contributed by atoms with Crippen molar-refractivity contribution in [2.24, 2.45) is 0 Å². The van der Waals surface area contributed by atoms with Crippen LogP contribution in [0, 0.1) is 13.8 Å². The molecular weight excluding hydrogens is 347 g/mol. The van der Waals surface area contributed by atoms with Gasteiger partial charge in [0.05, 0.1) is 10.0 Å². The van der Waals surface area contributed by atoms with Crippen molar-refractivity contribution < 1.29 is 4.79 Å². The number of carbonyl (C=O) groups is 1. The van der Waals surface area contributed by atoms with Gasteiger partial charge in [-0.15, -0.1) is 0 Å². The Bertz CT molecular complexity index is 665. The molecule has 98 valence electrons. The molecule has 2 aromatic rings. The van der Waals surface area contributed by atoms with Gasteiger partial charge < -0.3 is 0 Å². The summed E-state index contributed by atoms with van der Waals surface area (Å²) >= 11 is 15.6. The average molecular weight is 358 g/mol. The van der Waals surface area contributed by atoms with Gasteiger partial charge in [0.15, 0.2) is 5.78 Å². The maximum absolute atomic E-state index is 12.5. The predicted octanol–water partition coefficient (Wildman–Crippen LogP) is 5.60. The maximum atomic E-state index is 12.5. The van der Waals surface area contributed by atoms with Gasteiger partial charge in [-0.2, -0.15) is 0 Å². The number of hydrogen-bond donors (Lipinski definition) is 0. The number of benzene rings is 2. The Labute approximate surface area is 130 Å². The summed E-state index contributed by atoms with van der Waals surface area (Å²) in [6.07, 6.45) is 0. The third-order valence-corrected chi connectivity index (χ3v) is 4.63. The minimum Gasteiger partial charge on any atom is -0.288 e. The minimum atomic E-state index is -0.167. The molecule has 0 aliphatic rings. The van der Waals surface area contributed by atoms with Crippen LogP contribution in [0.15, 0.2) is 34.8 Å². The molecule has 0 heterocycles. The number of hydrogen-bond acceptors (Lipinski definition) is 1. The molecule has 1 nitrogen and oxygen atoms in total. The van der Waals surface area contributed by atoms with Gasteiger partial charge in [-0.1, -0.05) is 29.3 Å². The van der Waals surface area contributed by atoms with Crippen molar-refractivity contribution in [1.29, 1.82) is 0 Å². The van der Waals surface area contributed by atoms with Crippen LogP contribution in [0.3, 0.4) is 0 Å². The number of rotatable bonds is 2. The number of ketones is 1. The smallest absolute Gasteiger partial charge is 0.196 e. The van der Waals surface area contributed by atoms with Crippen LogP contribution in [0.4, 0.5) is 0 Å². The second-order valence-corrected chi connectivity index (χ2v) is 5.99. The van der Waals surface area contributed by atoms with E-state index in [1.165, 1.54) is 0 Å². The Kier molecular flexibility index (Phi) is 4.34. The van der Waals surface area contributed by atoms with Crippen LogP contribution in [0.2, 0.25) is 10.0 Å². The van der Waals surface area contributed by atoms with Crippen LogP contribution in [-0.2, 0) is 0 Å². The fourth-order valence-corrected chi connectivity index (χ4v) is 2.66. The lowest BCUT2D eigenvalue weighted by molar-refractivity contribution is 0.103. The molecule has 0 radical (unpaired) electrons. The first-order valence-corrected chi connectivity index (χ1v) is 7.22. The van der Waals surface area contributed by atoms with Gasteiger partial charge in [0, 0.05) is 15.6 Å². The van der Waals surface area contributed by atoms with Crippen molar-refractivity contribution >= 4 is 44.9 Å². The molecule has 0 N–H and O–H groups in total. The van der Waals surface area contributed by atoms with Crippen molar-refractivity contribution in [3.63, 3.8) is 0 Å². The molecule has 0 aliphatic heterocycles. The molecule has 0 atom stereocenters. The minimum absolute atomic E-state index is 0.167. The second kappa shape index (κ2) is 5.66. The first kappa shape index (κ1) is 14.6. The fourth-order valence-electron chi connectivity index (χ4n) is 1.78. The van der Waals surface area contributed by atoms with E-state index in [0.29, 0.717) is 25.6 Å². The topological polar surface area (TPSA) is 17.1 Å². The first-order valence-electron chi connectivity index (χ1n) is 5.67. The molecule has 19 heavy (non-hydrogen) atoms. The summed E-state index contributed by atoms with van der Waals surface area (Å²) < 4.78 is 0.694. The fraction of sp³-hybridized carbons (Fsp3) is 0.133. The summed E-state index contributed by atoms with van der Waals surface area (Å²) in [5.74, 6) is -0.167. The van der Waals surface area contributed by atoms with Crippen molar-refractivity contribution in [1.82, 2.24) is 0 Å². The van der Waals surface area contributed by atoms with E-state index in [1.807, 2.05) is 13.8 Å². The van der Waals surface area contributed by atoms with E-state index in [1.54, 1.807) is 30.3 Å². The highest BCUT2D eigenvalue weighted by Crippen LogP contribution is 2.30. The molecule has 4 heteroatoms. The van der Waals surface area contributed by atoms with Gasteiger partial charge in [0.2, 0.25) is 0 Å². The van der Waals surface area contributed by atoms with E-state index < -0.39 is 0 Å². The van der Waals surface area contributed by atoms with E-state index >= 15 is 0 Å². The van der Waals surface area contributed by atoms with Crippen molar-refractivity contribution in [2.75, 3.05) is 0 Å². The summed E-state index contributed by atoms with van der Waals surface area (Å²) in [6, 6.07) is 8.87. The van der Waals surface area contributed by atoms with Gasteiger partial charge in [-0.05, 0) is 65.2 Å². The zero-order valence-electron chi connectivity index (χ0n) is 10.4. The molecule has 0 amide bonds. The van der Waals surface area contributed by atoms with E-state index in [0.717, 1.165) is 11.1 Å².